The number of nitrogens with one attached hydrogen (secondary N) is 2. The fourth-order valence-corrected chi connectivity index (χ4v) is 2.62. The highest BCUT2D eigenvalue weighted by molar-refractivity contribution is 5.77. The van der Waals surface area contributed by atoms with Gasteiger partial charge in [-0.1, -0.05) is 24.3 Å². The molecule has 1 atom stereocenters. The second kappa shape index (κ2) is 7.07. The van der Waals surface area contributed by atoms with Crippen LogP contribution in [0.1, 0.15) is 23.6 Å². The van der Waals surface area contributed by atoms with E-state index in [0.29, 0.717) is 17.0 Å². The Kier molecular flexibility index (Phi) is 4.83. The average molecular weight is 363 g/mol. The number of rotatable bonds is 5. The molecule has 0 radical (unpaired) electrons. The standard InChI is InChI=1S/C18H16F3N3O2/c1-26-16(25)10-15(11-5-4-6-12(9-11)18(19,20)21)24-17-22-13-7-2-3-8-14(13)23-17/h2-9,15H,10H2,1H3,(H2,22,23,24). The fraction of sp³-hybridized carbons (Fsp3) is 0.222. The molecule has 0 fully saturated rings. The van der Waals surface area contributed by atoms with Crippen molar-refractivity contribution in [3.05, 3.63) is 59.7 Å². The van der Waals surface area contributed by atoms with Crippen molar-refractivity contribution in [1.29, 1.82) is 0 Å². The number of imidazole rings is 1. The number of halogens is 3. The van der Waals surface area contributed by atoms with E-state index in [9.17, 15) is 18.0 Å². The summed E-state index contributed by atoms with van der Waals surface area (Å²) in [7, 11) is 1.23. The third-order valence-corrected chi connectivity index (χ3v) is 3.92. The molecule has 0 aliphatic carbocycles. The van der Waals surface area contributed by atoms with E-state index in [1.165, 1.54) is 19.2 Å². The van der Waals surface area contributed by atoms with Crippen LogP contribution < -0.4 is 5.32 Å². The number of benzene rings is 2. The van der Waals surface area contributed by atoms with Gasteiger partial charge < -0.3 is 15.0 Å². The lowest BCUT2D eigenvalue weighted by atomic mass is 10.0. The summed E-state index contributed by atoms with van der Waals surface area (Å²) >= 11 is 0. The Morgan fingerprint density at radius 1 is 1.23 bits per heavy atom. The number of hydrogen-bond donors (Lipinski definition) is 2. The van der Waals surface area contributed by atoms with E-state index in [4.69, 9.17) is 0 Å². The van der Waals surface area contributed by atoms with Gasteiger partial charge in [0.05, 0.1) is 36.2 Å². The first kappa shape index (κ1) is 17.8. The van der Waals surface area contributed by atoms with E-state index in [1.807, 2.05) is 18.2 Å². The number of fused-ring (bicyclic) bond motifs is 1. The van der Waals surface area contributed by atoms with Crippen LogP contribution >= 0.6 is 0 Å². The number of esters is 1. The first-order valence-corrected chi connectivity index (χ1v) is 7.82. The number of aromatic nitrogens is 2. The van der Waals surface area contributed by atoms with Crippen molar-refractivity contribution in [3.8, 4) is 0 Å². The number of anilines is 1. The molecule has 26 heavy (non-hydrogen) atoms. The Bertz CT molecular complexity index is 888. The van der Waals surface area contributed by atoms with Crippen molar-refractivity contribution in [3.63, 3.8) is 0 Å². The van der Waals surface area contributed by atoms with Crippen LogP contribution in [-0.2, 0) is 15.7 Å². The van der Waals surface area contributed by atoms with Gasteiger partial charge in [0, 0.05) is 0 Å². The lowest BCUT2D eigenvalue weighted by molar-refractivity contribution is -0.140. The van der Waals surface area contributed by atoms with Crippen molar-refractivity contribution < 1.29 is 22.7 Å². The third-order valence-electron chi connectivity index (χ3n) is 3.92. The maximum absolute atomic E-state index is 13.0. The van der Waals surface area contributed by atoms with Crippen molar-refractivity contribution >= 4 is 23.0 Å². The third kappa shape index (κ3) is 3.96. The molecule has 136 valence electrons. The van der Waals surface area contributed by atoms with Gasteiger partial charge in [-0.3, -0.25) is 4.79 Å². The molecule has 1 aromatic heterocycles. The molecular weight excluding hydrogens is 347 g/mol. The predicted octanol–water partition coefficient (Wildman–Crippen LogP) is 4.30. The fourth-order valence-electron chi connectivity index (χ4n) is 2.62. The quantitative estimate of drug-likeness (QED) is 0.664. The van der Waals surface area contributed by atoms with E-state index >= 15 is 0 Å². The van der Waals surface area contributed by atoms with E-state index in [2.05, 4.69) is 20.0 Å². The van der Waals surface area contributed by atoms with Gasteiger partial charge in [-0.25, -0.2) is 4.98 Å². The summed E-state index contributed by atoms with van der Waals surface area (Å²) in [5.74, 6) is -0.187. The zero-order valence-corrected chi connectivity index (χ0v) is 13.8. The Balaban J connectivity index is 1.93. The van der Waals surface area contributed by atoms with Gasteiger partial charge in [-0.15, -0.1) is 0 Å². The molecule has 0 aliphatic heterocycles. The molecule has 3 rings (SSSR count). The van der Waals surface area contributed by atoms with Crippen molar-refractivity contribution in [2.24, 2.45) is 0 Å². The Labute approximate surface area is 147 Å². The Morgan fingerprint density at radius 2 is 2.00 bits per heavy atom. The number of H-pyrrole nitrogens is 1. The largest absolute Gasteiger partial charge is 0.469 e. The summed E-state index contributed by atoms with van der Waals surface area (Å²) in [6, 6.07) is 11.4. The topological polar surface area (TPSA) is 67.0 Å². The lowest BCUT2D eigenvalue weighted by Gasteiger charge is -2.19. The Hall–Kier alpha value is -3.03. The SMILES string of the molecule is COC(=O)CC(Nc1nc2ccccc2[nH]1)c1cccc(C(F)(F)F)c1. The molecule has 8 heteroatoms. The highest BCUT2D eigenvalue weighted by Gasteiger charge is 2.31. The first-order chi connectivity index (χ1) is 12.4. The smallest absolute Gasteiger partial charge is 0.416 e. The summed E-state index contributed by atoms with van der Waals surface area (Å²) in [6.45, 7) is 0. The highest BCUT2D eigenvalue weighted by atomic mass is 19.4. The number of hydrogen-bond acceptors (Lipinski definition) is 4. The molecule has 0 saturated heterocycles. The minimum atomic E-state index is -4.47. The first-order valence-electron chi connectivity index (χ1n) is 7.82. The van der Waals surface area contributed by atoms with Crippen LogP contribution in [0, 0.1) is 0 Å². The van der Waals surface area contributed by atoms with Gasteiger partial charge in [0.25, 0.3) is 0 Å². The van der Waals surface area contributed by atoms with Crippen molar-refractivity contribution in [2.75, 3.05) is 12.4 Å². The number of aromatic amines is 1. The molecule has 3 aromatic rings. The lowest BCUT2D eigenvalue weighted by Crippen LogP contribution is -2.18. The van der Waals surface area contributed by atoms with Gasteiger partial charge in [0.1, 0.15) is 0 Å². The number of alkyl halides is 3. The molecule has 2 N–H and O–H groups in total. The molecule has 0 bridgehead atoms. The van der Waals surface area contributed by atoms with Gasteiger partial charge in [-0.2, -0.15) is 13.2 Å². The van der Waals surface area contributed by atoms with Crippen LogP contribution in [0.25, 0.3) is 11.0 Å². The summed E-state index contributed by atoms with van der Waals surface area (Å²) in [5, 5.41) is 2.99. The Morgan fingerprint density at radius 3 is 2.69 bits per heavy atom. The normalized spacial score (nSPS) is 12.8. The van der Waals surface area contributed by atoms with Gasteiger partial charge >= 0.3 is 12.1 Å². The van der Waals surface area contributed by atoms with E-state index in [0.717, 1.165) is 17.6 Å². The summed E-state index contributed by atoms with van der Waals surface area (Å²) < 4.78 is 43.7. The number of methoxy groups -OCH3 is 1. The van der Waals surface area contributed by atoms with E-state index in [1.54, 1.807) is 6.07 Å². The monoisotopic (exact) mass is 363 g/mol. The summed E-state index contributed by atoms with van der Waals surface area (Å²) in [6.07, 6.45) is -4.61. The van der Waals surface area contributed by atoms with Crippen LogP contribution in [0.15, 0.2) is 48.5 Å². The molecule has 0 spiro atoms. The van der Waals surface area contributed by atoms with Crippen LogP contribution in [0.4, 0.5) is 19.1 Å². The molecule has 0 saturated carbocycles. The van der Waals surface area contributed by atoms with Crippen LogP contribution in [-0.4, -0.2) is 23.0 Å². The van der Waals surface area contributed by atoms with Crippen LogP contribution in [0.5, 0.6) is 0 Å². The van der Waals surface area contributed by atoms with Gasteiger partial charge in [-0.05, 0) is 29.8 Å². The summed E-state index contributed by atoms with van der Waals surface area (Å²) in [5.41, 5.74) is 1.01. The summed E-state index contributed by atoms with van der Waals surface area (Å²) in [4.78, 5) is 19.1. The van der Waals surface area contributed by atoms with E-state index in [-0.39, 0.29) is 6.42 Å². The molecule has 5 nitrogen and oxygen atoms in total. The molecule has 0 amide bonds. The van der Waals surface area contributed by atoms with Crippen LogP contribution in [0.3, 0.4) is 0 Å². The van der Waals surface area contributed by atoms with Crippen LogP contribution in [0.2, 0.25) is 0 Å². The minimum Gasteiger partial charge on any atom is -0.469 e. The highest BCUT2D eigenvalue weighted by Crippen LogP contribution is 2.32. The van der Waals surface area contributed by atoms with Crippen molar-refractivity contribution in [1.82, 2.24) is 9.97 Å². The number of para-hydroxylation sites is 2. The van der Waals surface area contributed by atoms with Crippen molar-refractivity contribution in [2.45, 2.75) is 18.6 Å². The average Bonchev–Trinajstić information content (AvgIpc) is 3.02. The van der Waals surface area contributed by atoms with E-state index < -0.39 is 23.8 Å². The number of carbonyl (C=O) groups excluding carboxylic acids is 1. The zero-order chi connectivity index (χ0) is 18.7. The second-order valence-electron chi connectivity index (χ2n) is 5.70. The maximum atomic E-state index is 13.0. The molecular formula is C18H16F3N3O2. The molecule has 1 unspecified atom stereocenters. The molecule has 2 aromatic carbocycles. The van der Waals surface area contributed by atoms with Gasteiger partial charge in [0.15, 0.2) is 0 Å². The molecule has 1 heterocycles. The minimum absolute atomic E-state index is 0.144. The van der Waals surface area contributed by atoms with Gasteiger partial charge in [0.2, 0.25) is 5.95 Å². The number of carbonyl (C=O) groups is 1. The predicted molar refractivity (Wildman–Crippen MR) is 90.5 cm³/mol. The number of nitrogens with zero attached hydrogens (tertiary/aromatic N) is 1. The second-order valence-corrected chi connectivity index (χ2v) is 5.70. The zero-order valence-electron chi connectivity index (χ0n) is 13.8. The maximum Gasteiger partial charge on any atom is 0.416 e. The number of ether oxygens (including phenoxy) is 1. The molecule has 0 aliphatic rings.